The second-order valence-electron chi connectivity index (χ2n) is 6.26. The Morgan fingerprint density at radius 2 is 2.00 bits per heavy atom. The Labute approximate surface area is 154 Å². The molecule has 10 heteroatoms. The summed E-state index contributed by atoms with van der Waals surface area (Å²) in [5, 5.41) is 21.0. The van der Waals surface area contributed by atoms with Crippen LogP contribution >= 0.6 is 24.8 Å². The summed E-state index contributed by atoms with van der Waals surface area (Å²) < 4.78 is 1.80. The third kappa shape index (κ3) is 5.03. The highest BCUT2D eigenvalue weighted by molar-refractivity contribution is 5.92. The van der Waals surface area contributed by atoms with Crippen LogP contribution in [0.1, 0.15) is 42.2 Å². The van der Waals surface area contributed by atoms with Crippen molar-refractivity contribution in [3.05, 3.63) is 11.9 Å². The molecule has 24 heavy (non-hydrogen) atoms. The number of hydrogen-bond acceptors (Lipinski definition) is 6. The van der Waals surface area contributed by atoms with Crippen LogP contribution < -0.4 is 11.1 Å². The van der Waals surface area contributed by atoms with Gasteiger partial charge in [-0.25, -0.2) is 4.68 Å². The summed E-state index contributed by atoms with van der Waals surface area (Å²) in [5.74, 6) is -0.165. The Kier molecular flexibility index (Phi) is 8.38. The van der Waals surface area contributed by atoms with Gasteiger partial charge in [0, 0.05) is 32.2 Å². The number of carbonyl (C=O) groups is 1. The summed E-state index contributed by atoms with van der Waals surface area (Å²) >= 11 is 0. The number of nitrogens with zero attached hydrogens (tertiary/aromatic N) is 4. The second kappa shape index (κ2) is 9.53. The fourth-order valence-corrected chi connectivity index (χ4v) is 3.16. The molecule has 1 aromatic rings. The van der Waals surface area contributed by atoms with E-state index in [2.05, 4.69) is 15.6 Å². The third-order valence-corrected chi connectivity index (χ3v) is 4.50. The summed E-state index contributed by atoms with van der Waals surface area (Å²) in [6.45, 7) is 2.09. The minimum atomic E-state index is -0.540. The first-order chi connectivity index (χ1) is 10.6. The van der Waals surface area contributed by atoms with Crippen molar-refractivity contribution in [2.24, 2.45) is 5.73 Å². The first kappa shape index (κ1) is 21.1. The van der Waals surface area contributed by atoms with Crippen LogP contribution in [-0.2, 0) is 0 Å². The Morgan fingerprint density at radius 3 is 2.71 bits per heavy atom. The van der Waals surface area contributed by atoms with Crippen LogP contribution in [0.2, 0.25) is 0 Å². The normalized spacial score (nSPS) is 27.6. The molecule has 4 N–H and O–H groups in total. The van der Waals surface area contributed by atoms with Gasteiger partial charge in [-0.3, -0.25) is 4.79 Å². The van der Waals surface area contributed by atoms with Crippen molar-refractivity contribution in [1.82, 2.24) is 25.2 Å². The quantitative estimate of drug-likeness (QED) is 0.664. The van der Waals surface area contributed by atoms with Crippen molar-refractivity contribution in [2.45, 2.75) is 43.9 Å². The van der Waals surface area contributed by atoms with Crippen LogP contribution in [0.3, 0.4) is 0 Å². The number of halogens is 2. The Hall–Kier alpha value is -0.930. The highest BCUT2D eigenvalue weighted by Crippen LogP contribution is 2.26. The molecule has 1 amide bonds. The van der Waals surface area contributed by atoms with Gasteiger partial charge in [-0.1, -0.05) is 5.21 Å². The summed E-state index contributed by atoms with van der Waals surface area (Å²) in [7, 11) is 0. The molecule has 8 nitrogen and oxygen atoms in total. The molecule has 1 aliphatic carbocycles. The van der Waals surface area contributed by atoms with E-state index in [9.17, 15) is 9.90 Å². The number of aliphatic hydroxyl groups is 1. The second-order valence-corrected chi connectivity index (χ2v) is 6.26. The first-order valence-corrected chi connectivity index (χ1v) is 7.99. The smallest absolute Gasteiger partial charge is 0.276 e. The molecule has 0 aromatic carbocycles. The fourth-order valence-electron chi connectivity index (χ4n) is 3.16. The largest absolute Gasteiger partial charge is 0.390 e. The minimum Gasteiger partial charge on any atom is -0.390 e. The number of nitrogens with one attached hydrogen (secondary N) is 1. The van der Waals surface area contributed by atoms with Crippen LogP contribution in [0.15, 0.2) is 6.20 Å². The van der Waals surface area contributed by atoms with Crippen LogP contribution in [0.5, 0.6) is 0 Å². The molecule has 1 unspecified atom stereocenters. The van der Waals surface area contributed by atoms with Gasteiger partial charge in [-0.15, -0.1) is 29.9 Å². The van der Waals surface area contributed by atoms with Crippen LogP contribution in [0.4, 0.5) is 0 Å². The van der Waals surface area contributed by atoms with Crippen LogP contribution in [0.25, 0.3) is 0 Å². The zero-order valence-electron chi connectivity index (χ0n) is 13.5. The Bertz CT molecular complexity index is 521. The van der Waals surface area contributed by atoms with Crippen molar-refractivity contribution >= 4 is 30.7 Å². The molecule has 2 aliphatic rings. The number of rotatable bonds is 2. The van der Waals surface area contributed by atoms with Crippen molar-refractivity contribution in [2.75, 3.05) is 26.2 Å². The maximum absolute atomic E-state index is 12.5. The summed E-state index contributed by atoms with van der Waals surface area (Å²) in [6.07, 6.45) is 5.11. The zero-order valence-corrected chi connectivity index (χ0v) is 15.1. The van der Waals surface area contributed by atoms with Gasteiger partial charge >= 0.3 is 0 Å². The van der Waals surface area contributed by atoms with E-state index in [0.29, 0.717) is 31.9 Å². The number of amides is 1. The van der Waals surface area contributed by atoms with E-state index in [-0.39, 0.29) is 42.8 Å². The molecule has 138 valence electrons. The molecule has 0 bridgehead atoms. The van der Waals surface area contributed by atoms with Crippen molar-refractivity contribution in [1.29, 1.82) is 0 Å². The lowest BCUT2D eigenvalue weighted by molar-refractivity contribution is 0.0667. The predicted molar refractivity (Wildman–Crippen MR) is 94.8 cm³/mol. The van der Waals surface area contributed by atoms with E-state index in [1.165, 1.54) is 0 Å². The van der Waals surface area contributed by atoms with Gasteiger partial charge in [-0.05, 0) is 25.7 Å². The zero-order chi connectivity index (χ0) is 15.5. The van der Waals surface area contributed by atoms with Gasteiger partial charge < -0.3 is 21.1 Å². The molecule has 0 spiro atoms. The molecule has 0 radical (unpaired) electrons. The van der Waals surface area contributed by atoms with E-state index >= 15 is 0 Å². The molecule has 2 fully saturated rings. The van der Waals surface area contributed by atoms with Gasteiger partial charge in [0.15, 0.2) is 5.69 Å². The van der Waals surface area contributed by atoms with Crippen molar-refractivity contribution in [3.8, 4) is 0 Å². The molecule has 1 aliphatic heterocycles. The van der Waals surface area contributed by atoms with Gasteiger partial charge in [0.05, 0.1) is 18.3 Å². The molecule has 1 saturated carbocycles. The van der Waals surface area contributed by atoms with Crippen LogP contribution in [0, 0.1) is 0 Å². The lowest BCUT2D eigenvalue weighted by Gasteiger charge is -2.25. The van der Waals surface area contributed by atoms with Crippen molar-refractivity contribution in [3.63, 3.8) is 0 Å². The number of aromatic nitrogens is 3. The highest BCUT2D eigenvalue weighted by atomic mass is 35.5. The third-order valence-electron chi connectivity index (χ3n) is 4.50. The van der Waals surface area contributed by atoms with E-state index in [1.807, 2.05) is 0 Å². The molecule has 1 saturated heterocycles. The van der Waals surface area contributed by atoms with E-state index in [4.69, 9.17) is 5.73 Å². The molecular formula is C14H26Cl2N6O2. The fraction of sp³-hybridized carbons (Fsp3) is 0.786. The average molecular weight is 381 g/mol. The highest BCUT2D eigenvalue weighted by Gasteiger charge is 2.26. The summed E-state index contributed by atoms with van der Waals surface area (Å²) in [5.41, 5.74) is 6.27. The molecule has 1 atom stereocenters. The van der Waals surface area contributed by atoms with Crippen LogP contribution in [-0.4, -0.2) is 69.2 Å². The Morgan fingerprint density at radius 1 is 1.29 bits per heavy atom. The van der Waals surface area contributed by atoms with Crippen molar-refractivity contribution < 1.29 is 9.90 Å². The maximum atomic E-state index is 12.5. The van der Waals surface area contributed by atoms with E-state index < -0.39 is 6.10 Å². The minimum absolute atomic E-state index is 0. The van der Waals surface area contributed by atoms with Gasteiger partial charge in [0.25, 0.3) is 5.91 Å². The SMILES string of the molecule is Cl.Cl.NC1CCC(n2cc(C(=O)N3CCNCC(O)C3)nn2)CC1. The average Bonchev–Trinajstić information content (AvgIpc) is 2.90. The lowest BCUT2D eigenvalue weighted by atomic mass is 9.92. The lowest BCUT2D eigenvalue weighted by Crippen LogP contribution is -2.37. The van der Waals surface area contributed by atoms with E-state index in [1.54, 1.807) is 15.8 Å². The summed E-state index contributed by atoms with van der Waals surface area (Å²) in [6, 6.07) is 0.567. The first-order valence-electron chi connectivity index (χ1n) is 7.99. The Balaban J connectivity index is 0.00000144. The molecular weight excluding hydrogens is 355 g/mol. The van der Waals surface area contributed by atoms with Gasteiger partial charge in [-0.2, -0.15) is 0 Å². The monoisotopic (exact) mass is 380 g/mol. The summed E-state index contributed by atoms with van der Waals surface area (Å²) in [4.78, 5) is 14.1. The number of aliphatic hydroxyl groups excluding tert-OH is 1. The number of β-amino-alcohol motifs (C(OH)–C–C–N with tert-alkyl or cyclic N) is 1. The number of nitrogens with two attached hydrogens (primary N) is 1. The van der Waals surface area contributed by atoms with Gasteiger partial charge in [0.2, 0.25) is 0 Å². The topological polar surface area (TPSA) is 109 Å². The number of carbonyl (C=O) groups excluding carboxylic acids is 1. The molecule has 3 rings (SSSR count). The van der Waals surface area contributed by atoms with E-state index in [0.717, 1.165) is 25.7 Å². The number of hydrogen-bond donors (Lipinski definition) is 3. The molecule has 2 heterocycles. The standard InChI is InChI=1S/C14H24N6O2.2ClH/c15-10-1-3-11(4-2-10)20-9-13(17-18-20)14(22)19-6-5-16-7-12(21)8-19;;/h9-12,16,21H,1-8,15H2;2*1H. The maximum Gasteiger partial charge on any atom is 0.276 e. The molecule has 1 aromatic heterocycles. The van der Waals surface area contributed by atoms with Gasteiger partial charge in [0.1, 0.15) is 0 Å². The predicted octanol–water partition coefficient (Wildman–Crippen LogP) is -0.0296.